The number of hydrogen-bond acceptors (Lipinski definition) is 6. The fourth-order valence-corrected chi connectivity index (χ4v) is 3.97. The number of carbonyl (C=O) groups excluding carboxylic acids is 1. The largest absolute Gasteiger partial charge is 0.454 e. The molecule has 27 heavy (non-hydrogen) atoms. The van der Waals surface area contributed by atoms with Crippen LogP contribution in [0.15, 0.2) is 47.4 Å². The molecule has 0 radical (unpaired) electrons. The number of carbonyl (C=O) groups is 1. The lowest BCUT2D eigenvalue weighted by molar-refractivity contribution is 0.143. The molecule has 0 aromatic heterocycles. The lowest BCUT2D eigenvalue weighted by atomic mass is 10.2. The van der Waals surface area contributed by atoms with E-state index in [4.69, 9.17) is 14.2 Å². The van der Waals surface area contributed by atoms with Gasteiger partial charge in [-0.1, -0.05) is 17.7 Å². The number of benzene rings is 2. The molecule has 2 aromatic rings. The fraction of sp³-hybridized carbons (Fsp3) is 0.278. The standard InChI is InChI=1S/C18H18N2O6S/c1-12-2-4-13(5-3-12)20-10-14(26-18(20)21)9-19-27(22,23)15-6-7-16-17(8-15)25-11-24-16/h2-8,14,19H,9-11H2,1H3. The van der Waals surface area contributed by atoms with Crippen LogP contribution < -0.4 is 19.1 Å². The van der Waals surface area contributed by atoms with Crippen LogP contribution in [-0.4, -0.2) is 40.5 Å². The maximum Gasteiger partial charge on any atom is 0.414 e. The molecule has 4 rings (SSSR count). The first-order valence-corrected chi connectivity index (χ1v) is 9.85. The summed E-state index contributed by atoms with van der Waals surface area (Å²) in [5.74, 6) is 0.892. The average molecular weight is 390 g/mol. The third-order valence-corrected chi connectivity index (χ3v) is 5.80. The van der Waals surface area contributed by atoms with Gasteiger partial charge in [0.25, 0.3) is 0 Å². The second-order valence-electron chi connectivity index (χ2n) is 6.32. The fourth-order valence-electron chi connectivity index (χ4n) is 2.89. The second kappa shape index (κ2) is 6.75. The van der Waals surface area contributed by atoms with Gasteiger partial charge in [-0.3, -0.25) is 4.90 Å². The van der Waals surface area contributed by atoms with E-state index in [2.05, 4.69) is 4.72 Å². The smallest absolute Gasteiger partial charge is 0.414 e. The number of nitrogens with zero attached hydrogens (tertiary/aromatic N) is 1. The van der Waals surface area contributed by atoms with Crippen LogP contribution in [0.1, 0.15) is 5.56 Å². The molecule has 0 bridgehead atoms. The predicted octanol–water partition coefficient (Wildman–Crippen LogP) is 2.03. The van der Waals surface area contributed by atoms with Gasteiger partial charge in [0.1, 0.15) is 6.10 Å². The third-order valence-electron chi connectivity index (χ3n) is 4.38. The van der Waals surface area contributed by atoms with Crippen molar-refractivity contribution in [3.8, 4) is 11.5 Å². The normalized spacial score (nSPS) is 18.6. The molecular formula is C18H18N2O6S. The molecule has 1 amide bonds. The van der Waals surface area contributed by atoms with Gasteiger partial charge >= 0.3 is 6.09 Å². The maximum absolute atomic E-state index is 12.5. The van der Waals surface area contributed by atoms with Crippen LogP contribution in [0.3, 0.4) is 0 Å². The summed E-state index contributed by atoms with van der Waals surface area (Å²) in [7, 11) is -3.77. The molecule has 1 saturated heterocycles. The Morgan fingerprint density at radius 2 is 1.85 bits per heavy atom. The number of ether oxygens (including phenoxy) is 3. The van der Waals surface area contributed by atoms with Gasteiger partial charge < -0.3 is 14.2 Å². The molecule has 2 aliphatic heterocycles. The Balaban J connectivity index is 1.41. The Labute approximate surface area is 156 Å². The Bertz CT molecular complexity index is 974. The van der Waals surface area contributed by atoms with Crippen LogP contribution in [0.2, 0.25) is 0 Å². The van der Waals surface area contributed by atoms with Crippen LogP contribution >= 0.6 is 0 Å². The summed E-state index contributed by atoms with van der Waals surface area (Å²) in [6.45, 7) is 2.27. The van der Waals surface area contributed by atoms with E-state index in [9.17, 15) is 13.2 Å². The van der Waals surface area contributed by atoms with Crippen molar-refractivity contribution in [1.82, 2.24) is 4.72 Å². The first-order valence-electron chi connectivity index (χ1n) is 8.36. The average Bonchev–Trinajstić information content (AvgIpc) is 3.26. The van der Waals surface area contributed by atoms with Crippen molar-refractivity contribution in [3.63, 3.8) is 0 Å². The lowest BCUT2D eigenvalue weighted by Gasteiger charge is -2.13. The Morgan fingerprint density at radius 3 is 2.63 bits per heavy atom. The molecular weight excluding hydrogens is 372 g/mol. The number of nitrogens with one attached hydrogen (secondary N) is 1. The topological polar surface area (TPSA) is 94.2 Å². The number of amides is 1. The van der Waals surface area contributed by atoms with E-state index >= 15 is 0 Å². The van der Waals surface area contributed by atoms with Crippen molar-refractivity contribution >= 4 is 21.8 Å². The van der Waals surface area contributed by atoms with E-state index < -0.39 is 22.2 Å². The molecule has 9 heteroatoms. The first-order chi connectivity index (χ1) is 12.9. The third kappa shape index (κ3) is 3.56. The summed E-state index contributed by atoms with van der Waals surface area (Å²) < 4.78 is 43.1. The van der Waals surface area contributed by atoms with E-state index in [1.54, 1.807) is 6.07 Å². The molecule has 1 N–H and O–H groups in total. The van der Waals surface area contributed by atoms with Gasteiger partial charge in [0.15, 0.2) is 11.5 Å². The first kappa shape index (κ1) is 17.6. The zero-order valence-electron chi connectivity index (χ0n) is 14.5. The molecule has 0 saturated carbocycles. The second-order valence-corrected chi connectivity index (χ2v) is 8.09. The summed E-state index contributed by atoms with van der Waals surface area (Å²) in [6, 6.07) is 11.9. The number of hydrogen-bond donors (Lipinski definition) is 1. The number of sulfonamides is 1. The summed E-state index contributed by atoms with van der Waals surface area (Å²) in [6.07, 6.45) is -1.08. The SMILES string of the molecule is Cc1ccc(N2CC(CNS(=O)(=O)c3ccc4c(c3)OCO4)OC2=O)cc1. The van der Waals surface area contributed by atoms with Crippen LogP contribution in [0.25, 0.3) is 0 Å². The zero-order valence-corrected chi connectivity index (χ0v) is 15.4. The molecule has 8 nitrogen and oxygen atoms in total. The molecule has 0 spiro atoms. The van der Waals surface area contributed by atoms with E-state index in [0.717, 1.165) is 5.56 Å². The highest BCUT2D eigenvalue weighted by molar-refractivity contribution is 7.89. The molecule has 1 fully saturated rings. The molecule has 0 aliphatic carbocycles. The van der Waals surface area contributed by atoms with Gasteiger partial charge in [-0.05, 0) is 31.2 Å². The molecule has 2 aromatic carbocycles. The lowest BCUT2D eigenvalue weighted by Crippen LogP contribution is -2.34. The minimum atomic E-state index is -3.77. The van der Waals surface area contributed by atoms with E-state index in [-0.39, 0.29) is 24.8 Å². The number of aryl methyl sites for hydroxylation is 1. The van der Waals surface area contributed by atoms with Crippen molar-refractivity contribution in [2.75, 3.05) is 24.8 Å². The summed E-state index contributed by atoms with van der Waals surface area (Å²) >= 11 is 0. The Hall–Kier alpha value is -2.78. The van der Waals surface area contributed by atoms with Crippen LogP contribution in [0, 0.1) is 6.92 Å². The predicted molar refractivity (Wildman–Crippen MR) is 96.5 cm³/mol. The van der Waals surface area contributed by atoms with Crippen molar-refractivity contribution in [2.24, 2.45) is 0 Å². The van der Waals surface area contributed by atoms with E-state index in [1.165, 1.54) is 17.0 Å². The zero-order chi connectivity index (χ0) is 19.0. The number of fused-ring (bicyclic) bond motifs is 1. The monoisotopic (exact) mass is 390 g/mol. The van der Waals surface area contributed by atoms with Crippen LogP contribution in [-0.2, 0) is 14.8 Å². The Kier molecular flexibility index (Phi) is 4.40. The summed E-state index contributed by atoms with van der Waals surface area (Å²) in [5, 5.41) is 0. The minimum Gasteiger partial charge on any atom is -0.454 e. The number of rotatable bonds is 5. The minimum absolute atomic E-state index is 0.0229. The van der Waals surface area contributed by atoms with E-state index in [0.29, 0.717) is 17.2 Å². The van der Waals surface area contributed by atoms with Crippen molar-refractivity contribution in [1.29, 1.82) is 0 Å². The molecule has 1 unspecified atom stereocenters. The van der Waals surface area contributed by atoms with Gasteiger partial charge in [-0.2, -0.15) is 0 Å². The van der Waals surface area contributed by atoms with Gasteiger partial charge in [-0.15, -0.1) is 0 Å². The number of anilines is 1. The molecule has 142 valence electrons. The summed E-state index contributed by atoms with van der Waals surface area (Å²) in [5.41, 5.74) is 1.80. The van der Waals surface area contributed by atoms with Crippen molar-refractivity contribution < 1.29 is 27.4 Å². The highest BCUT2D eigenvalue weighted by Crippen LogP contribution is 2.33. The number of cyclic esters (lactones) is 1. The van der Waals surface area contributed by atoms with Gasteiger partial charge in [0, 0.05) is 18.3 Å². The molecule has 2 aliphatic rings. The maximum atomic E-state index is 12.5. The molecule has 1 atom stereocenters. The van der Waals surface area contributed by atoms with Gasteiger partial charge in [0.05, 0.1) is 11.4 Å². The van der Waals surface area contributed by atoms with Crippen LogP contribution in [0.5, 0.6) is 11.5 Å². The quantitative estimate of drug-likeness (QED) is 0.840. The van der Waals surface area contributed by atoms with Crippen LogP contribution in [0.4, 0.5) is 10.5 Å². The molecule has 2 heterocycles. The summed E-state index contributed by atoms with van der Waals surface area (Å²) in [4.78, 5) is 13.6. The van der Waals surface area contributed by atoms with Gasteiger partial charge in [0.2, 0.25) is 16.8 Å². The van der Waals surface area contributed by atoms with Crippen molar-refractivity contribution in [2.45, 2.75) is 17.9 Å². The van der Waals surface area contributed by atoms with Crippen molar-refractivity contribution in [3.05, 3.63) is 48.0 Å². The van der Waals surface area contributed by atoms with Gasteiger partial charge in [-0.25, -0.2) is 17.9 Å². The Morgan fingerprint density at radius 1 is 1.11 bits per heavy atom. The highest BCUT2D eigenvalue weighted by atomic mass is 32.2. The van der Waals surface area contributed by atoms with E-state index in [1.807, 2.05) is 31.2 Å². The highest BCUT2D eigenvalue weighted by Gasteiger charge is 2.33.